The summed E-state index contributed by atoms with van der Waals surface area (Å²) in [7, 11) is 1.93. The van der Waals surface area contributed by atoms with Gasteiger partial charge >= 0.3 is 0 Å². The summed E-state index contributed by atoms with van der Waals surface area (Å²) in [5.74, 6) is 0.219. The smallest absolute Gasteiger partial charge is 0.163 e. The van der Waals surface area contributed by atoms with E-state index < -0.39 is 5.41 Å². The SMILES string of the molecule is CN1C=C2C(=O)CCN=C3C=CC(=O)CC23C1. The number of carbonyl (C=O) groups excluding carboxylic acids is 2. The quantitative estimate of drug-likeness (QED) is 0.617. The summed E-state index contributed by atoms with van der Waals surface area (Å²) in [6.45, 7) is 1.22. The van der Waals surface area contributed by atoms with Crippen molar-refractivity contribution in [3.8, 4) is 0 Å². The van der Waals surface area contributed by atoms with Gasteiger partial charge in [-0.3, -0.25) is 14.6 Å². The van der Waals surface area contributed by atoms with Crippen LogP contribution < -0.4 is 0 Å². The maximum Gasteiger partial charge on any atom is 0.163 e. The largest absolute Gasteiger partial charge is 0.379 e. The number of carbonyl (C=O) groups is 2. The van der Waals surface area contributed by atoms with Crippen molar-refractivity contribution in [1.29, 1.82) is 0 Å². The lowest BCUT2D eigenvalue weighted by molar-refractivity contribution is -0.117. The lowest BCUT2D eigenvalue weighted by atomic mass is 9.70. The monoisotopic (exact) mass is 230 g/mol. The summed E-state index contributed by atoms with van der Waals surface area (Å²) in [5.41, 5.74) is 1.21. The summed E-state index contributed by atoms with van der Waals surface area (Å²) in [6.07, 6.45) is 6.08. The van der Waals surface area contributed by atoms with Gasteiger partial charge in [0.15, 0.2) is 11.6 Å². The Kier molecular flexibility index (Phi) is 2.08. The molecule has 0 aromatic rings. The lowest BCUT2D eigenvalue weighted by Crippen LogP contribution is -2.41. The van der Waals surface area contributed by atoms with E-state index in [-0.39, 0.29) is 11.6 Å². The van der Waals surface area contributed by atoms with Gasteiger partial charge in [-0.2, -0.15) is 0 Å². The number of nitrogens with zero attached hydrogens (tertiary/aromatic N) is 2. The normalized spacial score (nSPS) is 31.7. The first-order valence-electron chi connectivity index (χ1n) is 5.83. The Morgan fingerprint density at radius 3 is 3.00 bits per heavy atom. The van der Waals surface area contributed by atoms with Crippen LogP contribution in [0.5, 0.6) is 0 Å². The van der Waals surface area contributed by atoms with Gasteiger partial charge in [0, 0.05) is 50.5 Å². The van der Waals surface area contributed by atoms with Crippen molar-refractivity contribution in [3.05, 3.63) is 23.9 Å². The molecular weight excluding hydrogens is 216 g/mol. The number of hydrogen-bond donors (Lipinski definition) is 0. The van der Waals surface area contributed by atoms with Crippen LogP contribution in [-0.2, 0) is 9.59 Å². The van der Waals surface area contributed by atoms with Crippen LogP contribution in [0.2, 0.25) is 0 Å². The van der Waals surface area contributed by atoms with Crippen LogP contribution in [0.1, 0.15) is 12.8 Å². The number of rotatable bonds is 0. The molecule has 1 atom stereocenters. The molecular formula is C13H14N2O2. The standard InChI is InChI=1S/C13H14N2O2/c1-15-7-10-11(17)4-5-14-12-3-2-9(16)6-13(10,12)8-15/h2-3,7H,4-6,8H2,1H3. The van der Waals surface area contributed by atoms with Crippen LogP contribution in [0, 0.1) is 5.41 Å². The third-order valence-corrected chi connectivity index (χ3v) is 3.70. The third-order valence-electron chi connectivity index (χ3n) is 3.70. The Morgan fingerprint density at radius 2 is 2.18 bits per heavy atom. The highest BCUT2D eigenvalue weighted by Gasteiger charge is 2.49. The first kappa shape index (κ1) is 10.4. The van der Waals surface area contributed by atoms with Gasteiger partial charge in [-0.1, -0.05) is 0 Å². The molecule has 0 aromatic heterocycles. The highest BCUT2D eigenvalue weighted by atomic mass is 16.1. The van der Waals surface area contributed by atoms with Gasteiger partial charge in [-0.15, -0.1) is 0 Å². The maximum atomic E-state index is 12.1. The fourth-order valence-corrected chi connectivity index (χ4v) is 3.00. The predicted octanol–water partition coefficient (Wildman–Crippen LogP) is 0.745. The van der Waals surface area contributed by atoms with Gasteiger partial charge in [0.2, 0.25) is 0 Å². The Hall–Kier alpha value is -1.71. The Labute approximate surface area is 99.7 Å². The maximum absolute atomic E-state index is 12.1. The van der Waals surface area contributed by atoms with Crippen LogP contribution in [-0.4, -0.2) is 42.3 Å². The second kappa shape index (κ2) is 3.39. The Morgan fingerprint density at radius 1 is 1.35 bits per heavy atom. The van der Waals surface area contributed by atoms with E-state index in [1.807, 2.05) is 18.1 Å². The van der Waals surface area contributed by atoms with Gasteiger partial charge in [0.25, 0.3) is 0 Å². The van der Waals surface area contributed by atoms with Crippen molar-refractivity contribution in [1.82, 2.24) is 4.90 Å². The van der Waals surface area contributed by atoms with Crippen molar-refractivity contribution < 1.29 is 9.59 Å². The van der Waals surface area contributed by atoms with E-state index in [0.29, 0.717) is 25.9 Å². The summed E-state index contributed by atoms with van der Waals surface area (Å²) in [4.78, 5) is 30.2. The molecule has 88 valence electrons. The molecule has 0 aromatic carbocycles. The molecule has 2 heterocycles. The molecule has 0 fully saturated rings. The van der Waals surface area contributed by atoms with Crippen molar-refractivity contribution in [2.45, 2.75) is 12.8 Å². The van der Waals surface area contributed by atoms with E-state index in [1.165, 1.54) is 0 Å². The molecule has 0 saturated heterocycles. The van der Waals surface area contributed by atoms with Crippen LogP contribution in [0.15, 0.2) is 28.9 Å². The van der Waals surface area contributed by atoms with E-state index in [1.54, 1.807) is 12.2 Å². The van der Waals surface area contributed by atoms with E-state index in [2.05, 4.69) is 4.99 Å². The second-order valence-corrected chi connectivity index (χ2v) is 4.96. The zero-order valence-electron chi connectivity index (χ0n) is 9.77. The van der Waals surface area contributed by atoms with Gasteiger partial charge in [-0.05, 0) is 12.2 Å². The minimum atomic E-state index is -0.464. The molecule has 3 rings (SSSR count). The highest BCUT2D eigenvalue weighted by Crippen LogP contribution is 2.43. The lowest BCUT2D eigenvalue weighted by Gasteiger charge is -2.32. The molecule has 2 aliphatic heterocycles. The summed E-state index contributed by atoms with van der Waals surface area (Å²) in [6, 6.07) is 0. The van der Waals surface area contributed by atoms with Crippen molar-refractivity contribution in [2.75, 3.05) is 20.1 Å². The van der Waals surface area contributed by atoms with E-state index in [0.717, 1.165) is 11.3 Å². The molecule has 1 aliphatic carbocycles. The van der Waals surface area contributed by atoms with Gasteiger partial charge in [0.1, 0.15) is 0 Å². The third kappa shape index (κ3) is 1.40. The topological polar surface area (TPSA) is 49.7 Å². The average molecular weight is 230 g/mol. The number of hydrogen-bond acceptors (Lipinski definition) is 4. The van der Waals surface area contributed by atoms with E-state index in [9.17, 15) is 9.59 Å². The van der Waals surface area contributed by atoms with Gasteiger partial charge in [0.05, 0.1) is 5.41 Å². The molecule has 4 nitrogen and oxygen atoms in total. The second-order valence-electron chi connectivity index (χ2n) is 4.96. The minimum Gasteiger partial charge on any atom is -0.379 e. The fourth-order valence-electron chi connectivity index (χ4n) is 3.00. The number of ketones is 2. The molecule has 17 heavy (non-hydrogen) atoms. The zero-order valence-corrected chi connectivity index (χ0v) is 9.77. The number of Topliss-reactive ketones (excluding diaryl/α,β-unsaturated/α-hetero) is 1. The van der Waals surface area contributed by atoms with Gasteiger partial charge in [-0.25, -0.2) is 0 Å². The molecule has 0 bridgehead atoms. The first-order valence-corrected chi connectivity index (χ1v) is 5.83. The molecule has 0 amide bonds. The zero-order chi connectivity index (χ0) is 12.0. The molecule has 1 spiro atoms. The summed E-state index contributed by atoms with van der Waals surface area (Å²) < 4.78 is 0. The van der Waals surface area contributed by atoms with Crippen molar-refractivity contribution >= 4 is 17.3 Å². The van der Waals surface area contributed by atoms with E-state index in [4.69, 9.17) is 0 Å². The molecule has 0 radical (unpaired) electrons. The molecule has 0 N–H and O–H groups in total. The molecule has 0 saturated carbocycles. The van der Waals surface area contributed by atoms with Crippen LogP contribution in [0.3, 0.4) is 0 Å². The molecule has 1 unspecified atom stereocenters. The van der Waals surface area contributed by atoms with Gasteiger partial charge < -0.3 is 4.90 Å². The van der Waals surface area contributed by atoms with Crippen LogP contribution in [0.4, 0.5) is 0 Å². The van der Waals surface area contributed by atoms with Crippen molar-refractivity contribution in [2.24, 2.45) is 10.4 Å². The Balaban J connectivity index is 2.18. The summed E-state index contributed by atoms with van der Waals surface area (Å²) in [5, 5.41) is 0. The van der Waals surface area contributed by atoms with E-state index >= 15 is 0 Å². The molecule has 3 aliphatic rings. The molecule has 4 heteroatoms. The summed E-state index contributed by atoms with van der Waals surface area (Å²) >= 11 is 0. The fraction of sp³-hybridized carbons (Fsp3) is 0.462. The van der Waals surface area contributed by atoms with Crippen LogP contribution >= 0.6 is 0 Å². The highest BCUT2D eigenvalue weighted by molar-refractivity contribution is 6.18. The van der Waals surface area contributed by atoms with Crippen molar-refractivity contribution in [3.63, 3.8) is 0 Å². The minimum absolute atomic E-state index is 0.0832. The van der Waals surface area contributed by atoms with Crippen LogP contribution in [0.25, 0.3) is 0 Å². The predicted molar refractivity (Wildman–Crippen MR) is 63.8 cm³/mol. The number of allylic oxidation sites excluding steroid dienone is 2. The Bertz CT molecular complexity index is 502. The number of aliphatic imine (C=N–C) groups is 1. The first-order chi connectivity index (χ1) is 8.12. The average Bonchev–Trinajstić information content (AvgIpc) is 2.53.